The van der Waals surface area contributed by atoms with Gasteiger partial charge in [-0.25, -0.2) is 9.59 Å². The molecule has 0 fully saturated rings. The molecule has 8 nitrogen and oxygen atoms in total. The van der Waals surface area contributed by atoms with Gasteiger partial charge in [0.2, 0.25) is 5.91 Å². The van der Waals surface area contributed by atoms with Crippen molar-refractivity contribution < 1.29 is 29.0 Å². The molecule has 0 heterocycles. The zero-order valence-electron chi connectivity index (χ0n) is 17.8. The number of carbonyl (C=O) groups is 3. The number of carbonyl (C=O) groups excluding carboxylic acids is 2. The van der Waals surface area contributed by atoms with Crippen molar-refractivity contribution in [2.24, 2.45) is 0 Å². The first kappa shape index (κ1) is 23.9. The van der Waals surface area contributed by atoms with Gasteiger partial charge in [-0.2, -0.15) is 0 Å². The number of amides is 2. The average molecular weight is 428 g/mol. The van der Waals surface area contributed by atoms with E-state index in [1.807, 2.05) is 18.2 Å². The third-order valence-electron chi connectivity index (χ3n) is 4.17. The smallest absolute Gasteiger partial charge is 0.408 e. The minimum atomic E-state index is -1.28. The molecule has 0 radical (unpaired) electrons. The summed E-state index contributed by atoms with van der Waals surface area (Å²) in [5.74, 6) is -1.93. The first-order chi connectivity index (χ1) is 14.7. The molecule has 0 bridgehead atoms. The van der Waals surface area contributed by atoms with Crippen LogP contribution in [0.25, 0.3) is 0 Å². The van der Waals surface area contributed by atoms with Crippen molar-refractivity contribution in [3.8, 4) is 0 Å². The van der Waals surface area contributed by atoms with Crippen molar-refractivity contribution in [3.05, 3.63) is 71.8 Å². The maximum atomic E-state index is 12.9. The molecule has 0 aliphatic heterocycles. The maximum absolute atomic E-state index is 12.9. The second kappa shape index (κ2) is 11.1. The quantitative estimate of drug-likeness (QED) is 0.566. The summed E-state index contributed by atoms with van der Waals surface area (Å²) in [6.07, 6.45) is -0.800. The second-order valence-corrected chi connectivity index (χ2v) is 7.87. The Morgan fingerprint density at radius 3 is 2.06 bits per heavy atom. The minimum Gasteiger partial charge on any atom is -0.480 e. The highest BCUT2D eigenvalue weighted by Crippen LogP contribution is 2.15. The van der Waals surface area contributed by atoms with Crippen molar-refractivity contribution in [1.82, 2.24) is 10.6 Å². The van der Waals surface area contributed by atoms with Crippen LogP contribution in [-0.4, -0.2) is 41.3 Å². The molecule has 0 spiro atoms. The number of hydrogen-bond acceptors (Lipinski definition) is 5. The lowest BCUT2D eigenvalue weighted by Crippen LogP contribution is -2.50. The molecule has 0 aliphatic carbocycles. The molecule has 3 N–H and O–H groups in total. The van der Waals surface area contributed by atoms with E-state index in [-0.39, 0.29) is 13.2 Å². The molecule has 0 saturated heterocycles. The highest BCUT2D eigenvalue weighted by atomic mass is 16.5. The molecule has 0 aliphatic rings. The zero-order chi connectivity index (χ0) is 22.9. The Hall–Kier alpha value is -3.39. The van der Waals surface area contributed by atoms with E-state index in [0.29, 0.717) is 5.56 Å². The van der Waals surface area contributed by atoms with Crippen LogP contribution in [0.1, 0.15) is 37.9 Å². The first-order valence-electron chi connectivity index (χ1n) is 9.85. The van der Waals surface area contributed by atoms with Crippen molar-refractivity contribution >= 4 is 18.0 Å². The maximum Gasteiger partial charge on any atom is 0.408 e. The Balaban J connectivity index is 2.08. The third-order valence-corrected chi connectivity index (χ3v) is 4.17. The van der Waals surface area contributed by atoms with Crippen LogP contribution in [0.5, 0.6) is 0 Å². The van der Waals surface area contributed by atoms with Gasteiger partial charge in [0.05, 0.1) is 12.2 Å². The number of nitrogens with one attached hydrogen (secondary N) is 2. The van der Waals surface area contributed by atoms with Crippen LogP contribution in [-0.2, 0) is 25.7 Å². The van der Waals surface area contributed by atoms with Crippen molar-refractivity contribution in [1.29, 1.82) is 0 Å². The molecule has 2 aromatic rings. The largest absolute Gasteiger partial charge is 0.480 e. The van der Waals surface area contributed by atoms with Gasteiger partial charge in [0, 0.05) is 0 Å². The lowest BCUT2D eigenvalue weighted by atomic mass is 10.1. The molecule has 166 valence electrons. The number of aliphatic carboxylic acids is 1. The van der Waals surface area contributed by atoms with Crippen LogP contribution < -0.4 is 10.6 Å². The Morgan fingerprint density at radius 1 is 0.935 bits per heavy atom. The predicted octanol–water partition coefficient (Wildman–Crippen LogP) is 3.04. The number of carboxylic acid groups (broad SMARTS) is 1. The van der Waals surface area contributed by atoms with E-state index in [2.05, 4.69) is 10.6 Å². The summed E-state index contributed by atoms with van der Waals surface area (Å²) in [5, 5.41) is 14.4. The van der Waals surface area contributed by atoms with Crippen LogP contribution in [0.15, 0.2) is 60.7 Å². The van der Waals surface area contributed by atoms with Gasteiger partial charge in [0.15, 0.2) is 6.04 Å². The van der Waals surface area contributed by atoms with Gasteiger partial charge in [-0.3, -0.25) is 4.79 Å². The highest BCUT2D eigenvalue weighted by Gasteiger charge is 2.29. The molecular weight excluding hydrogens is 400 g/mol. The van der Waals surface area contributed by atoms with Gasteiger partial charge in [-0.05, 0) is 31.9 Å². The van der Waals surface area contributed by atoms with E-state index in [1.54, 1.807) is 63.2 Å². The fourth-order valence-corrected chi connectivity index (χ4v) is 2.59. The summed E-state index contributed by atoms with van der Waals surface area (Å²) in [5.41, 5.74) is 0.706. The SMILES string of the molecule is CC(C)(C)OCC(NC(=O)[C@H](NC(=O)OCc1ccccc1)c1ccccc1)C(=O)O. The summed E-state index contributed by atoms with van der Waals surface area (Å²) in [6.45, 7) is 5.16. The molecular formula is C23H28N2O6. The molecule has 1 unspecified atom stereocenters. The van der Waals surface area contributed by atoms with Gasteiger partial charge in [-0.1, -0.05) is 60.7 Å². The van der Waals surface area contributed by atoms with Gasteiger partial charge in [-0.15, -0.1) is 0 Å². The number of benzene rings is 2. The van der Waals surface area contributed by atoms with Gasteiger partial charge >= 0.3 is 12.1 Å². The predicted molar refractivity (Wildman–Crippen MR) is 114 cm³/mol. The van der Waals surface area contributed by atoms with Crippen LogP contribution in [0.3, 0.4) is 0 Å². The molecule has 2 aromatic carbocycles. The Kier molecular flexibility index (Phi) is 8.57. The van der Waals surface area contributed by atoms with Crippen LogP contribution in [0.2, 0.25) is 0 Å². The number of rotatable bonds is 9. The molecule has 0 aromatic heterocycles. The molecule has 2 atom stereocenters. The summed E-state index contributed by atoms with van der Waals surface area (Å²) in [6, 6.07) is 15.2. The number of hydrogen-bond donors (Lipinski definition) is 3. The van der Waals surface area contributed by atoms with E-state index < -0.39 is 35.7 Å². The average Bonchev–Trinajstić information content (AvgIpc) is 2.73. The third kappa shape index (κ3) is 8.47. The van der Waals surface area contributed by atoms with E-state index in [0.717, 1.165) is 5.56 Å². The fraction of sp³-hybridized carbons (Fsp3) is 0.348. The summed E-state index contributed by atoms with van der Waals surface area (Å²) < 4.78 is 10.7. The monoisotopic (exact) mass is 428 g/mol. The number of ether oxygens (including phenoxy) is 2. The lowest BCUT2D eigenvalue weighted by Gasteiger charge is -2.25. The zero-order valence-corrected chi connectivity index (χ0v) is 17.8. The van der Waals surface area contributed by atoms with Crippen LogP contribution in [0, 0.1) is 0 Å². The lowest BCUT2D eigenvalue weighted by molar-refractivity contribution is -0.145. The summed E-state index contributed by atoms with van der Waals surface area (Å²) in [7, 11) is 0. The summed E-state index contributed by atoms with van der Waals surface area (Å²) >= 11 is 0. The second-order valence-electron chi connectivity index (χ2n) is 7.87. The van der Waals surface area contributed by atoms with E-state index >= 15 is 0 Å². The fourth-order valence-electron chi connectivity index (χ4n) is 2.59. The normalized spacial score (nSPS) is 13.0. The number of carboxylic acids is 1. The molecule has 8 heteroatoms. The topological polar surface area (TPSA) is 114 Å². The van der Waals surface area contributed by atoms with Crippen LogP contribution >= 0.6 is 0 Å². The molecule has 2 rings (SSSR count). The first-order valence-corrected chi connectivity index (χ1v) is 9.85. The Bertz CT molecular complexity index is 865. The van der Waals surface area contributed by atoms with E-state index in [4.69, 9.17) is 9.47 Å². The Labute approximate surface area is 181 Å². The van der Waals surface area contributed by atoms with Crippen LogP contribution in [0.4, 0.5) is 4.79 Å². The Morgan fingerprint density at radius 2 is 1.52 bits per heavy atom. The van der Waals surface area contributed by atoms with Gasteiger partial charge < -0.3 is 25.2 Å². The number of alkyl carbamates (subject to hydrolysis) is 1. The summed E-state index contributed by atoms with van der Waals surface area (Å²) in [4.78, 5) is 36.8. The molecule has 31 heavy (non-hydrogen) atoms. The highest BCUT2D eigenvalue weighted by molar-refractivity contribution is 5.90. The standard InChI is InChI=1S/C23H28N2O6/c1-23(2,3)31-15-18(21(27)28)24-20(26)19(17-12-8-5-9-13-17)25-22(29)30-14-16-10-6-4-7-11-16/h4-13,18-19H,14-15H2,1-3H3,(H,24,26)(H,25,29)(H,27,28)/t18?,19-/m1/s1. The van der Waals surface area contributed by atoms with Crippen molar-refractivity contribution in [3.63, 3.8) is 0 Å². The van der Waals surface area contributed by atoms with Gasteiger partial charge in [0.25, 0.3) is 0 Å². The molecule has 0 saturated carbocycles. The van der Waals surface area contributed by atoms with E-state index in [9.17, 15) is 19.5 Å². The van der Waals surface area contributed by atoms with Gasteiger partial charge in [0.1, 0.15) is 12.6 Å². The minimum absolute atomic E-state index is 0.0347. The van der Waals surface area contributed by atoms with Crippen molar-refractivity contribution in [2.45, 2.75) is 45.1 Å². The van der Waals surface area contributed by atoms with Crippen molar-refractivity contribution in [2.75, 3.05) is 6.61 Å². The van der Waals surface area contributed by atoms with E-state index in [1.165, 1.54) is 0 Å². The molecule has 2 amide bonds.